The van der Waals surface area contributed by atoms with E-state index in [2.05, 4.69) is 47.7 Å². The predicted octanol–water partition coefficient (Wildman–Crippen LogP) is 4.00. The normalized spacial score (nSPS) is 16.0. The molecule has 5 heteroatoms. The maximum absolute atomic E-state index is 11.7. The molecule has 0 aliphatic carbocycles. The number of hydroxylamine groups is 2. The highest BCUT2D eigenvalue weighted by Crippen LogP contribution is 2.38. The fourth-order valence-corrected chi connectivity index (χ4v) is 3.16. The summed E-state index contributed by atoms with van der Waals surface area (Å²) in [6.07, 6.45) is 4.56. The summed E-state index contributed by atoms with van der Waals surface area (Å²) in [6.45, 7) is 15.5. The number of rotatable bonds is 7. The summed E-state index contributed by atoms with van der Waals surface area (Å²) in [7, 11) is 1.28. The maximum Gasteiger partial charge on any atom is 0.269 e. The largest absolute Gasteiger partial charge is 0.413 e. The van der Waals surface area contributed by atoms with Crippen molar-refractivity contribution in [3.8, 4) is 0 Å². The first-order chi connectivity index (χ1) is 9.46. The molecule has 0 aromatic carbocycles. The van der Waals surface area contributed by atoms with Crippen molar-refractivity contribution in [2.24, 2.45) is 5.92 Å². The van der Waals surface area contributed by atoms with Crippen molar-refractivity contribution in [2.75, 3.05) is 14.2 Å². The Balaban J connectivity index is 4.82. The number of hydrogen-bond donors (Lipinski definition) is 0. The summed E-state index contributed by atoms with van der Waals surface area (Å²) in [5.41, 5.74) is 0. The maximum atomic E-state index is 11.7. The van der Waals surface area contributed by atoms with Gasteiger partial charge in [0.25, 0.3) is 5.91 Å². The van der Waals surface area contributed by atoms with Crippen LogP contribution in [0, 0.1) is 5.92 Å². The van der Waals surface area contributed by atoms with Crippen LogP contribution in [-0.4, -0.2) is 39.5 Å². The van der Waals surface area contributed by atoms with Gasteiger partial charge in [0.15, 0.2) is 8.32 Å². The zero-order valence-electron chi connectivity index (χ0n) is 15.2. The fraction of sp³-hybridized carbons (Fsp3) is 0.812. The minimum absolute atomic E-state index is 0.141. The van der Waals surface area contributed by atoms with Crippen molar-refractivity contribution < 1.29 is 14.1 Å². The molecule has 0 fully saturated rings. The highest BCUT2D eigenvalue weighted by molar-refractivity contribution is 6.74. The van der Waals surface area contributed by atoms with E-state index in [9.17, 15) is 4.79 Å². The Hall–Kier alpha value is -0.653. The van der Waals surface area contributed by atoms with Crippen LogP contribution >= 0.6 is 0 Å². The van der Waals surface area contributed by atoms with Crippen LogP contribution in [0.1, 0.15) is 41.0 Å². The van der Waals surface area contributed by atoms with Crippen molar-refractivity contribution in [3.63, 3.8) is 0 Å². The first-order valence-corrected chi connectivity index (χ1v) is 10.5. The smallest absolute Gasteiger partial charge is 0.269 e. The molecule has 0 aromatic heterocycles. The Kier molecular flexibility index (Phi) is 7.85. The Morgan fingerprint density at radius 3 is 2.24 bits per heavy atom. The summed E-state index contributed by atoms with van der Waals surface area (Å²) in [5.74, 6) is 0.0323. The van der Waals surface area contributed by atoms with Gasteiger partial charge in [-0.15, -0.1) is 0 Å². The molecular weight excluding hydrogens is 282 g/mol. The number of carbonyl (C=O) groups is 1. The van der Waals surface area contributed by atoms with Crippen LogP contribution in [-0.2, 0) is 14.1 Å². The quantitative estimate of drug-likeness (QED) is 0.405. The van der Waals surface area contributed by atoms with Crippen LogP contribution < -0.4 is 0 Å². The highest BCUT2D eigenvalue weighted by Gasteiger charge is 2.39. The Morgan fingerprint density at radius 1 is 1.33 bits per heavy atom. The second-order valence-corrected chi connectivity index (χ2v) is 11.8. The SMILES string of the molecule is CC[C@@H](O[Si](C)(C)C(C)(C)C)[C@H](C)/C=C/C(=O)N(C)OC. The Labute approximate surface area is 131 Å². The standard InChI is InChI=1S/C16H33NO3Si/c1-10-14(20-21(8,9)16(3,4)5)13(2)11-12-15(18)17(6)19-7/h11-14H,10H2,1-9H3/b12-11+/t13-,14-/m1/s1. The molecule has 0 bridgehead atoms. The summed E-state index contributed by atoms with van der Waals surface area (Å²) in [5, 5.41) is 1.40. The molecule has 124 valence electrons. The van der Waals surface area contributed by atoms with Gasteiger partial charge >= 0.3 is 0 Å². The molecule has 0 radical (unpaired) electrons. The van der Waals surface area contributed by atoms with Crippen LogP contribution in [0.5, 0.6) is 0 Å². The third kappa shape index (κ3) is 6.32. The van der Waals surface area contributed by atoms with E-state index in [1.54, 1.807) is 13.1 Å². The van der Waals surface area contributed by atoms with Gasteiger partial charge < -0.3 is 4.43 Å². The van der Waals surface area contributed by atoms with Gasteiger partial charge in [-0.3, -0.25) is 9.63 Å². The number of likely N-dealkylation sites (N-methyl/N-ethyl adjacent to an activating group) is 1. The average molecular weight is 316 g/mol. The van der Waals surface area contributed by atoms with E-state index in [0.29, 0.717) is 0 Å². The first kappa shape index (κ1) is 20.3. The molecule has 0 spiro atoms. The molecule has 0 N–H and O–H groups in total. The minimum Gasteiger partial charge on any atom is -0.413 e. The fourth-order valence-electron chi connectivity index (χ4n) is 1.67. The molecular formula is C16H33NO3Si. The van der Waals surface area contributed by atoms with Crippen LogP contribution in [0.15, 0.2) is 12.2 Å². The molecule has 1 amide bonds. The van der Waals surface area contributed by atoms with Crippen LogP contribution in [0.25, 0.3) is 0 Å². The molecule has 0 saturated heterocycles. The average Bonchev–Trinajstić information content (AvgIpc) is 2.39. The van der Waals surface area contributed by atoms with E-state index in [0.717, 1.165) is 6.42 Å². The number of amides is 1. The van der Waals surface area contributed by atoms with Gasteiger partial charge in [0.1, 0.15) is 0 Å². The predicted molar refractivity (Wildman–Crippen MR) is 90.4 cm³/mol. The molecule has 0 aromatic rings. The monoisotopic (exact) mass is 315 g/mol. The van der Waals surface area contributed by atoms with Crippen LogP contribution in [0.4, 0.5) is 0 Å². The Bertz CT molecular complexity index is 361. The third-order valence-corrected chi connectivity index (χ3v) is 8.87. The summed E-state index contributed by atoms with van der Waals surface area (Å²) >= 11 is 0. The second-order valence-electron chi connectivity index (χ2n) is 7.06. The lowest BCUT2D eigenvalue weighted by Gasteiger charge is -2.40. The van der Waals surface area contributed by atoms with E-state index in [-0.39, 0.29) is 23.0 Å². The topological polar surface area (TPSA) is 38.8 Å². The van der Waals surface area contributed by atoms with Crippen LogP contribution in [0.2, 0.25) is 18.1 Å². The van der Waals surface area contributed by atoms with E-state index in [4.69, 9.17) is 9.26 Å². The second kappa shape index (κ2) is 8.10. The van der Waals surface area contributed by atoms with Crippen molar-refractivity contribution in [3.05, 3.63) is 12.2 Å². The van der Waals surface area contributed by atoms with Gasteiger partial charge in [-0.2, -0.15) is 0 Å². The molecule has 4 nitrogen and oxygen atoms in total. The molecule has 0 saturated carbocycles. The van der Waals surface area contributed by atoms with Gasteiger partial charge in [-0.25, -0.2) is 5.06 Å². The molecule has 2 atom stereocenters. The minimum atomic E-state index is -1.79. The van der Waals surface area contributed by atoms with Gasteiger partial charge in [-0.1, -0.05) is 40.7 Å². The van der Waals surface area contributed by atoms with Gasteiger partial charge in [-0.05, 0) is 30.5 Å². The summed E-state index contributed by atoms with van der Waals surface area (Å²) < 4.78 is 6.46. The number of hydrogen-bond acceptors (Lipinski definition) is 3. The molecule has 0 aliphatic rings. The molecule has 0 heterocycles. The van der Waals surface area contributed by atoms with Crippen molar-refractivity contribution in [1.29, 1.82) is 0 Å². The molecule has 0 aliphatic heterocycles. The first-order valence-electron chi connectivity index (χ1n) is 7.64. The van der Waals surface area contributed by atoms with E-state index >= 15 is 0 Å². The van der Waals surface area contributed by atoms with Gasteiger partial charge in [0, 0.05) is 13.1 Å². The lowest BCUT2D eigenvalue weighted by molar-refractivity contribution is -0.162. The highest BCUT2D eigenvalue weighted by atomic mass is 28.4. The molecule has 21 heavy (non-hydrogen) atoms. The number of carbonyl (C=O) groups excluding carboxylic acids is 1. The van der Waals surface area contributed by atoms with Crippen LogP contribution in [0.3, 0.4) is 0 Å². The van der Waals surface area contributed by atoms with E-state index in [1.165, 1.54) is 12.2 Å². The Morgan fingerprint density at radius 2 is 1.86 bits per heavy atom. The van der Waals surface area contributed by atoms with Crippen molar-refractivity contribution in [1.82, 2.24) is 5.06 Å². The van der Waals surface area contributed by atoms with Gasteiger partial charge in [0.2, 0.25) is 0 Å². The van der Waals surface area contributed by atoms with Crippen molar-refractivity contribution >= 4 is 14.2 Å². The lowest BCUT2D eigenvalue weighted by Crippen LogP contribution is -2.45. The number of nitrogens with zero attached hydrogens (tertiary/aromatic N) is 1. The lowest BCUT2D eigenvalue weighted by atomic mass is 10.0. The molecule has 0 rings (SSSR count). The van der Waals surface area contributed by atoms with E-state index in [1.807, 2.05) is 6.08 Å². The molecule has 0 unspecified atom stereocenters. The zero-order chi connectivity index (χ0) is 16.8. The zero-order valence-corrected chi connectivity index (χ0v) is 16.2. The van der Waals surface area contributed by atoms with Crippen molar-refractivity contribution in [2.45, 2.75) is 65.3 Å². The van der Waals surface area contributed by atoms with Gasteiger partial charge in [0.05, 0.1) is 13.2 Å². The third-order valence-electron chi connectivity index (χ3n) is 4.37. The summed E-state index contributed by atoms with van der Waals surface area (Å²) in [4.78, 5) is 16.6. The summed E-state index contributed by atoms with van der Waals surface area (Å²) in [6, 6.07) is 0. The van der Waals surface area contributed by atoms with E-state index < -0.39 is 8.32 Å².